The van der Waals surface area contributed by atoms with Gasteiger partial charge in [0.1, 0.15) is 11.5 Å². The van der Waals surface area contributed by atoms with Crippen molar-refractivity contribution in [3.8, 4) is 22.5 Å². The first-order valence-electron chi connectivity index (χ1n) is 10.5. The zero-order valence-corrected chi connectivity index (χ0v) is 17.9. The molecule has 1 aliphatic heterocycles. The van der Waals surface area contributed by atoms with E-state index in [0.717, 1.165) is 59.2 Å². The molecule has 0 bridgehead atoms. The maximum Gasteiger partial charge on any atom is 0.155 e. The minimum absolute atomic E-state index is 0.0173. The van der Waals surface area contributed by atoms with Gasteiger partial charge in [0.25, 0.3) is 0 Å². The zero-order chi connectivity index (χ0) is 21.6. The maximum absolute atomic E-state index is 13.5. The van der Waals surface area contributed by atoms with Gasteiger partial charge in [0.15, 0.2) is 11.5 Å². The summed E-state index contributed by atoms with van der Waals surface area (Å²) >= 11 is 0. The monoisotopic (exact) mass is 416 g/mol. The fourth-order valence-corrected chi connectivity index (χ4v) is 4.27. The van der Waals surface area contributed by atoms with Gasteiger partial charge in [0.05, 0.1) is 5.69 Å². The number of rotatable bonds is 3. The number of hydrogen-bond donors (Lipinski definition) is 1. The number of benzene rings is 1. The Morgan fingerprint density at radius 3 is 2.48 bits per heavy atom. The lowest BCUT2D eigenvalue weighted by Crippen LogP contribution is -2.57. The number of imidazole rings is 1. The molecule has 158 valence electrons. The van der Waals surface area contributed by atoms with E-state index in [9.17, 15) is 4.39 Å². The van der Waals surface area contributed by atoms with Gasteiger partial charge >= 0.3 is 0 Å². The molecule has 0 saturated carbocycles. The van der Waals surface area contributed by atoms with Crippen LogP contribution in [-0.4, -0.2) is 44.8 Å². The van der Waals surface area contributed by atoms with E-state index < -0.39 is 0 Å². The third-order valence-corrected chi connectivity index (χ3v) is 5.71. The van der Waals surface area contributed by atoms with Gasteiger partial charge < -0.3 is 10.2 Å². The van der Waals surface area contributed by atoms with Gasteiger partial charge in [-0.2, -0.15) is 0 Å². The Hall–Kier alpha value is -3.32. The third-order valence-electron chi connectivity index (χ3n) is 5.71. The van der Waals surface area contributed by atoms with Crippen molar-refractivity contribution in [2.45, 2.75) is 26.3 Å². The summed E-state index contributed by atoms with van der Waals surface area (Å²) in [5.74, 6) is 0.691. The Labute approximate surface area is 180 Å². The quantitative estimate of drug-likeness (QED) is 0.545. The van der Waals surface area contributed by atoms with E-state index in [1.54, 1.807) is 24.5 Å². The summed E-state index contributed by atoms with van der Waals surface area (Å²) in [6.07, 6.45) is 3.52. The average Bonchev–Trinajstić information content (AvgIpc) is 3.11. The number of nitrogens with one attached hydrogen (secondary N) is 1. The number of piperazine rings is 1. The molecule has 31 heavy (non-hydrogen) atoms. The van der Waals surface area contributed by atoms with Gasteiger partial charge in [-0.1, -0.05) is 0 Å². The van der Waals surface area contributed by atoms with E-state index in [0.29, 0.717) is 0 Å². The molecule has 6 nitrogen and oxygen atoms in total. The van der Waals surface area contributed by atoms with Crippen LogP contribution < -0.4 is 10.2 Å². The molecule has 4 heterocycles. The molecular weight excluding hydrogens is 391 g/mol. The maximum atomic E-state index is 13.5. The molecule has 0 aliphatic carbocycles. The summed E-state index contributed by atoms with van der Waals surface area (Å²) < 4.78 is 15.5. The average molecular weight is 417 g/mol. The largest absolute Gasteiger partial charge is 0.352 e. The van der Waals surface area contributed by atoms with Gasteiger partial charge in [0.2, 0.25) is 0 Å². The molecule has 0 atom stereocenters. The first-order chi connectivity index (χ1) is 14.9. The summed E-state index contributed by atoms with van der Waals surface area (Å²) in [7, 11) is 0. The van der Waals surface area contributed by atoms with Crippen molar-refractivity contribution in [1.29, 1.82) is 0 Å². The number of nitrogens with zero attached hydrogens (tertiary/aromatic N) is 5. The van der Waals surface area contributed by atoms with Crippen LogP contribution in [-0.2, 0) is 0 Å². The SMILES string of the molecule is Cc1cc2nc(-c3ccc(F)cc3)c(-c3ccncc3)n2nc1N1CCNC(C)(C)C1. The zero-order valence-electron chi connectivity index (χ0n) is 17.9. The predicted molar refractivity (Wildman–Crippen MR) is 121 cm³/mol. The summed E-state index contributed by atoms with van der Waals surface area (Å²) in [6, 6.07) is 12.4. The Kier molecular flexibility index (Phi) is 4.70. The molecule has 4 aromatic rings. The fraction of sp³-hybridized carbons (Fsp3) is 0.292. The van der Waals surface area contributed by atoms with E-state index in [4.69, 9.17) is 10.1 Å². The Balaban J connectivity index is 1.72. The second-order valence-electron chi connectivity index (χ2n) is 8.70. The lowest BCUT2D eigenvalue weighted by molar-refractivity contribution is 0.351. The Bertz CT molecular complexity index is 1230. The van der Waals surface area contributed by atoms with Gasteiger partial charge in [-0.3, -0.25) is 4.98 Å². The summed E-state index contributed by atoms with van der Waals surface area (Å²) in [5, 5.41) is 8.62. The van der Waals surface area contributed by atoms with Crippen LogP contribution in [0.3, 0.4) is 0 Å². The van der Waals surface area contributed by atoms with Crippen molar-refractivity contribution in [1.82, 2.24) is 24.9 Å². The predicted octanol–water partition coefficient (Wildman–Crippen LogP) is 4.09. The molecule has 1 fully saturated rings. The van der Waals surface area contributed by atoms with Crippen LogP contribution in [0.2, 0.25) is 0 Å². The number of halogens is 1. The number of fused-ring (bicyclic) bond motifs is 1. The Morgan fingerprint density at radius 1 is 1.03 bits per heavy atom. The van der Waals surface area contributed by atoms with Crippen LogP contribution in [0.15, 0.2) is 54.9 Å². The van der Waals surface area contributed by atoms with Crippen LogP contribution in [0.4, 0.5) is 10.2 Å². The highest BCUT2D eigenvalue weighted by atomic mass is 19.1. The highest BCUT2D eigenvalue weighted by Gasteiger charge is 2.28. The lowest BCUT2D eigenvalue weighted by Gasteiger charge is -2.40. The van der Waals surface area contributed by atoms with Crippen molar-refractivity contribution in [3.05, 3.63) is 66.2 Å². The van der Waals surface area contributed by atoms with Crippen LogP contribution >= 0.6 is 0 Å². The molecule has 0 amide bonds. The topological polar surface area (TPSA) is 58.4 Å². The standard InChI is InChI=1S/C24H25FN6/c1-16-14-20-28-21(17-4-6-19(25)7-5-17)22(18-8-10-26-11-9-18)31(20)29-23(16)30-13-12-27-24(2,3)15-30/h4-11,14,27H,12-13,15H2,1-3H3. The van der Waals surface area contributed by atoms with Crippen molar-refractivity contribution in [2.24, 2.45) is 0 Å². The number of pyridine rings is 1. The molecular formula is C24H25FN6. The highest BCUT2D eigenvalue weighted by Crippen LogP contribution is 2.34. The smallest absolute Gasteiger partial charge is 0.155 e. The Morgan fingerprint density at radius 2 is 1.77 bits per heavy atom. The van der Waals surface area contributed by atoms with Crippen molar-refractivity contribution in [2.75, 3.05) is 24.5 Å². The van der Waals surface area contributed by atoms with Crippen molar-refractivity contribution >= 4 is 11.5 Å². The molecule has 1 N–H and O–H groups in total. The molecule has 0 radical (unpaired) electrons. The summed E-state index contributed by atoms with van der Waals surface area (Å²) in [6.45, 7) is 9.17. The highest BCUT2D eigenvalue weighted by molar-refractivity contribution is 5.82. The minimum atomic E-state index is -0.268. The number of aryl methyl sites for hydroxylation is 1. The normalized spacial score (nSPS) is 16.1. The molecule has 3 aromatic heterocycles. The number of aromatic nitrogens is 4. The van der Waals surface area contributed by atoms with E-state index >= 15 is 0 Å². The van der Waals surface area contributed by atoms with E-state index in [-0.39, 0.29) is 11.4 Å². The van der Waals surface area contributed by atoms with E-state index in [1.165, 1.54) is 12.1 Å². The van der Waals surface area contributed by atoms with Crippen LogP contribution in [0.5, 0.6) is 0 Å². The van der Waals surface area contributed by atoms with E-state index in [2.05, 4.69) is 42.0 Å². The third kappa shape index (κ3) is 3.65. The molecule has 5 rings (SSSR count). The van der Waals surface area contributed by atoms with Crippen LogP contribution in [0.25, 0.3) is 28.2 Å². The molecule has 0 spiro atoms. The molecule has 1 aliphatic rings. The van der Waals surface area contributed by atoms with Crippen molar-refractivity contribution < 1.29 is 4.39 Å². The lowest BCUT2D eigenvalue weighted by atomic mass is 10.0. The van der Waals surface area contributed by atoms with Crippen molar-refractivity contribution in [3.63, 3.8) is 0 Å². The summed E-state index contributed by atoms with van der Waals surface area (Å²) in [5.41, 5.74) is 5.33. The number of hydrogen-bond acceptors (Lipinski definition) is 5. The summed E-state index contributed by atoms with van der Waals surface area (Å²) in [4.78, 5) is 11.4. The number of anilines is 1. The first-order valence-corrected chi connectivity index (χ1v) is 10.5. The van der Waals surface area contributed by atoms with Gasteiger partial charge in [-0.05, 0) is 68.8 Å². The van der Waals surface area contributed by atoms with Gasteiger partial charge in [-0.15, -0.1) is 5.10 Å². The second kappa shape index (κ2) is 7.42. The molecule has 7 heteroatoms. The van der Waals surface area contributed by atoms with Crippen LogP contribution in [0, 0.1) is 12.7 Å². The fourth-order valence-electron chi connectivity index (χ4n) is 4.27. The minimum Gasteiger partial charge on any atom is -0.352 e. The van der Waals surface area contributed by atoms with Gasteiger partial charge in [-0.25, -0.2) is 13.9 Å². The first kappa shape index (κ1) is 19.6. The van der Waals surface area contributed by atoms with Crippen LogP contribution in [0.1, 0.15) is 19.4 Å². The van der Waals surface area contributed by atoms with E-state index in [1.807, 2.05) is 16.6 Å². The van der Waals surface area contributed by atoms with Gasteiger partial charge in [0, 0.05) is 48.7 Å². The molecule has 1 saturated heterocycles. The molecule has 1 aromatic carbocycles. The second-order valence-corrected chi connectivity index (χ2v) is 8.70. The molecule has 0 unspecified atom stereocenters.